The number of aryl methyl sites for hydroxylation is 1. The predicted molar refractivity (Wildman–Crippen MR) is 80.8 cm³/mol. The standard InChI is InChI=1S/C15H20N4O/c1-10-8-13(19(18-10)15(2,3)4)17-14(20)11-6-5-7-12(16)9-11/h5-9H,16H2,1-4H3,(H,17,20). The average molecular weight is 272 g/mol. The SMILES string of the molecule is Cc1cc(NC(=O)c2cccc(N)c2)n(C(C)(C)C)n1. The van der Waals surface area contributed by atoms with Crippen LogP contribution < -0.4 is 11.1 Å². The summed E-state index contributed by atoms with van der Waals surface area (Å²) in [5, 5.41) is 7.31. The number of nitrogens with two attached hydrogens (primary N) is 1. The van der Waals surface area contributed by atoms with Gasteiger partial charge in [-0.05, 0) is 45.9 Å². The van der Waals surface area contributed by atoms with E-state index in [0.717, 1.165) is 5.69 Å². The molecule has 2 aromatic rings. The van der Waals surface area contributed by atoms with Crippen molar-refractivity contribution < 1.29 is 4.79 Å². The Morgan fingerprint density at radius 2 is 2.00 bits per heavy atom. The van der Waals surface area contributed by atoms with Crippen molar-refractivity contribution in [1.29, 1.82) is 0 Å². The van der Waals surface area contributed by atoms with E-state index in [1.807, 2.05) is 38.4 Å². The van der Waals surface area contributed by atoms with Gasteiger partial charge in [0.25, 0.3) is 5.91 Å². The van der Waals surface area contributed by atoms with E-state index in [0.29, 0.717) is 17.1 Å². The zero-order valence-electron chi connectivity index (χ0n) is 12.3. The fourth-order valence-electron chi connectivity index (χ4n) is 1.97. The van der Waals surface area contributed by atoms with Crippen LogP contribution in [0.2, 0.25) is 0 Å². The predicted octanol–water partition coefficient (Wildman–Crippen LogP) is 2.78. The minimum Gasteiger partial charge on any atom is -0.399 e. The number of carbonyl (C=O) groups excluding carboxylic acids is 1. The molecule has 0 atom stereocenters. The summed E-state index contributed by atoms with van der Waals surface area (Å²) in [5.74, 6) is 0.491. The van der Waals surface area contributed by atoms with E-state index in [4.69, 9.17) is 5.73 Å². The first kappa shape index (κ1) is 14.1. The summed E-state index contributed by atoms with van der Waals surface area (Å²) in [6, 6.07) is 8.75. The molecule has 5 nitrogen and oxygen atoms in total. The van der Waals surface area contributed by atoms with Gasteiger partial charge in [0.05, 0.1) is 11.2 Å². The lowest BCUT2D eigenvalue weighted by Gasteiger charge is -2.22. The minimum atomic E-state index is -0.202. The van der Waals surface area contributed by atoms with E-state index < -0.39 is 0 Å². The van der Waals surface area contributed by atoms with Crippen molar-refractivity contribution in [2.45, 2.75) is 33.2 Å². The Balaban J connectivity index is 2.29. The smallest absolute Gasteiger partial charge is 0.256 e. The van der Waals surface area contributed by atoms with Crippen LogP contribution in [0.5, 0.6) is 0 Å². The minimum absolute atomic E-state index is 0.192. The summed E-state index contributed by atoms with van der Waals surface area (Å²) in [4.78, 5) is 12.2. The molecular weight excluding hydrogens is 252 g/mol. The van der Waals surface area contributed by atoms with Gasteiger partial charge in [-0.15, -0.1) is 0 Å². The van der Waals surface area contributed by atoms with Crippen molar-refractivity contribution in [2.75, 3.05) is 11.1 Å². The first-order valence-corrected chi connectivity index (χ1v) is 6.51. The van der Waals surface area contributed by atoms with Crippen molar-refractivity contribution in [2.24, 2.45) is 0 Å². The van der Waals surface area contributed by atoms with Gasteiger partial charge in [-0.2, -0.15) is 5.10 Å². The van der Waals surface area contributed by atoms with Gasteiger partial charge in [0.1, 0.15) is 5.82 Å². The second-order valence-electron chi connectivity index (χ2n) is 5.83. The summed E-state index contributed by atoms with van der Waals surface area (Å²) in [6.07, 6.45) is 0. The monoisotopic (exact) mass is 272 g/mol. The number of carbonyl (C=O) groups is 1. The molecule has 0 aliphatic heterocycles. The third kappa shape index (κ3) is 2.99. The summed E-state index contributed by atoms with van der Waals surface area (Å²) < 4.78 is 1.81. The second kappa shape index (κ2) is 5.00. The molecule has 1 aromatic carbocycles. The highest BCUT2D eigenvalue weighted by Gasteiger charge is 2.20. The molecule has 0 saturated heterocycles. The number of anilines is 2. The lowest BCUT2D eigenvalue weighted by molar-refractivity contribution is 0.102. The molecule has 0 bridgehead atoms. The first-order chi connectivity index (χ1) is 9.27. The molecule has 20 heavy (non-hydrogen) atoms. The highest BCUT2D eigenvalue weighted by molar-refractivity contribution is 6.04. The Hall–Kier alpha value is -2.30. The molecule has 2 rings (SSSR count). The molecule has 1 aromatic heterocycles. The summed E-state index contributed by atoms with van der Waals surface area (Å²) in [6.45, 7) is 8.01. The molecule has 1 amide bonds. The topological polar surface area (TPSA) is 72.9 Å². The number of hydrogen-bond acceptors (Lipinski definition) is 3. The Kier molecular flexibility index (Phi) is 3.53. The highest BCUT2D eigenvalue weighted by Crippen LogP contribution is 2.21. The number of amides is 1. The number of nitrogen functional groups attached to an aromatic ring is 1. The van der Waals surface area contributed by atoms with E-state index in [1.165, 1.54) is 0 Å². The van der Waals surface area contributed by atoms with Crippen LogP contribution in [-0.2, 0) is 5.54 Å². The molecule has 1 heterocycles. The van der Waals surface area contributed by atoms with E-state index in [2.05, 4.69) is 10.4 Å². The third-order valence-corrected chi connectivity index (χ3v) is 2.86. The zero-order valence-corrected chi connectivity index (χ0v) is 12.3. The molecule has 0 spiro atoms. The molecule has 0 fully saturated rings. The summed E-state index contributed by atoms with van der Waals surface area (Å²) >= 11 is 0. The van der Waals surface area contributed by atoms with Crippen molar-refractivity contribution in [3.05, 3.63) is 41.6 Å². The quantitative estimate of drug-likeness (QED) is 0.826. The molecule has 0 saturated carbocycles. The van der Waals surface area contributed by atoms with Crippen LogP contribution in [0.25, 0.3) is 0 Å². The number of rotatable bonds is 2. The van der Waals surface area contributed by atoms with E-state index in [9.17, 15) is 4.79 Å². The Morgan fingerprint density at radius 3 is 2.60 bits per heavy atom. The van der Waals surface area contributed by atoms with Gasteiger partial charge in [-0.1, -0.05) is 6.07 Å². The lowest BCUT2D eigenvalue weighted by atomic mass is 10.1. The van der Waals surface area contributed by atoms with E-state index in [1.54, 1.807) is 24.3 Å². The Morgan fingerprint density at radius 1 is 1.30 bits per heavy atom. The summed E-state index contributed by atoms with van der Waals surface area (Å²) in [5.41, 5.74) is 7.46. The van der Waals surface area contributed by atoms with Crippen molar-refractivity contribution in [3.63, 3.8) is 0 Å². The van der Waals surface area contributed by atoms with Crippen LogP contribution in [0, 0.1) is 6.92 Å². The van der Waals surface area contributed by atoms with Crippen LogP contribution in [0.1, 0.15) is 36.8 Å². The molecule has 0 aliphatic rings. The van der Waals surface area contributed by atoms with Gasteiger partial charge in [0.15, 0.2) is 0 Å². The van der Waals surface area contributed by atoms with Crippen molar-refractivity contribution in [1.82, 2.24) is 9.78 Å². The molecule has 5 heteroatoms. The van der Waals surface area contributed by atoms with E-state index in [-0.39, 0.29) is 11.4 Å². The Labute approximate surface area is 118 Å². The third-order valence-electron chi connectivity index (χ3n) is 2.86. The van der Waals surface area contributed by atoms with Crippen molar-refractivity contribution in [3.8, 4) is 0 Å². The van der Waals surface area contributed by atoms with Gasteiger partial charge in [0, 0.05) is 17.3 Å². The van der Waals surface area contributed by atoms with Gasteiger partial charge in [0.2, 0.25) is 0 Å². The molecule has 0 aliphatic carbocycles. The van der Waals surface area contributed by atoms with Gasteiger partial charge < -0.3 is 11.1 Å². The molecule has 3 N–H and O–H groups in total. The molecule has 0 radical (unpaired) electrons. The maximum Gasteiger partial charge on any atom is 0.256 e. The van der Waals surface area contributed by atoms with Gasteiger partial charge in [-0.3, -0.25) is 4.79 Å². The van der Waals surface area contributed by atoms with E-state index >= 15 is 0 Å². The maximum absolute atomic E-state index is 12.2. The molecule has 0 unspecified atom stereocenters. The summed E-state index contributed by atoms with van der Waals surface area (Å²) in [7, 11) is 0. The number of aromatic nitrogens is 2. The Bertz CT molecular complexity index is 638. The first-order valence-electron chi connectivity index (χ1n) is 6.51. The maximum atomic E-state index is 12.2. The van der Waals surface area contributed by atoms with Crippen LogP contribution in [0.4, 0.5) is 11.5 Å². The van der Waals surface area contributed by atoms with Crippen LogP contribution in [0.15, 0.2) is 30.3 Å². The fourth-order valence-corrected chi connectivity index (χ4v) is 1.97. The van der Waals surface area contributed by atoms with Crippen molar-refractivity contribution >= 4 is 17.4 Å². The number of benzene rings is 1. The van der Waals surface area contributed by atoms with Gasteiger partial charge in [-0.25, -0.2) is 4.68 Å². The fraction of sp³-hybridized carbons (Fsp3) is 0.333. The molecular formula is C15H20N4O. The zero-order chi connectivity index (χ0) is 14.9. The van der Waals surface area contributed by atoms with Crippen LogP contribution in [0.3, 0.4) is 0 Å². The normalized spacial score (nSPS) is 11.4. The number of hydrogen-bond donors (Lipinski definition) is 2. The second-order valence-corrected chi connectivity index (χ2v) is 5.83. The van der Waals surface area contributed by atoms with Crippen LogP contribution >= 0.6 is 0 Å². The number of nitrogens with one attached hydrogen (secondary N) is 1. The molecule has 106 valence electrons. The number of nitrogens with zero attached hydrogens (tertiary/aromatic N) is 2. The highest BCUT2D eigenvalue weighted by atomic mass is 16.1. The largest absolute Gasteiger partial charge is 0.399 e. The van der Waals surface area contributed by atoms with Gasteiger partial charge >= 0.3 is 0 Å². The lowest BCUT2D eigenvalue weighted by Crippen LogP contribution is -2.26. The van der Waals surface area contributed by atoms with Crippen LogP contribution in [-0.4, -0.2) is 15.7 Å². The average Bonchev–Trinajstić information content (AvgIpc) is 2.70.